The number of benzene rings is 2. The Bertz CT molecular complexity index is 1160. The van der Waals surface area contributed by atoms with Gasteiger partial charge in [-0.25, -0.2) is 9.59 Å². The molecule has 30 heavy (non-hydrogen) atoms. The van der Waals surface area contributed by atoms with Gasteiger partial charge in [0.25, 0.3) is 5.69 Å². The van der Waals surface area contributed by atoms with Crippen molar-refractivity contribution in [1.29, 1.82) is 0 Å². The second kappa shape index (κ2) is 8.56. The van der Waals surface area contributed by atoms with E-state index in [1.165, 1.54) is 25.4 Å². The number of hydrogen-bond acceptors (Lipinski definition) is 8. The summed E-state index contributed by atoms with van der Waals surface area (Å²) in [5.41, 5.74) is 2.49. The van der Waals surface area contributed by atoms with E-state index in [2.05, 4.69) is 10.3 Å². The fourth-order valence-electron chi connectivity index (χ4n) is 2.97. The number of nitro benzene ring substituents is 1. The molecule has 9 heteroatoms. The molecule has 0 saturated carbocycles. The van der Waals surface area contributed by atoms with Crippen molar-refractivity contribution in [3.05, 3.63) is 69.4 Å². The predicted molar refractivity (Wildman–Crippen MR) is 110 cm³/mol. The molecule has 1 heterocycles. The highest BCUT2D eigenvalue weighted by molar-refractivity contribution is 6.07. The first kappa shape index (κ1) is 20.7. The van der Waals surface area contributed by atoms with Crippen LogP contribution in [0, 0.1) is 17.0 Å². The van der Waals surface area contributed by atoms with E-state index < -0.39 is 16.9 Å². The summed E-state index contributed by atoms with van der Waals surface area (Å²) in [6, 6.07) is 9.13. The fourth-order valence-corrected chi connectivity index (χ4v) is 2.97. The van der Waals surface area contributed by atoms with Crippen molar-refractivity contribution in [2.75, 3.05) is 19.0 Å². The summed E-state index contributed by atoms with van der Waals surface area (Å²) in [4.78, 5) is 39.3. The molecule has 0 bridgehead atoms. The standard InChI is InChI=1S/C21H19N3O6/c1-4-30-21(26)16-11-22-18-7-5-13(20(25)29-3)10-15(18)19(16)23-17-8-6-14(24(27)28)9-12(17)2/h5-11H,4H2,1-3H3,(H,22,23). The Labute approximate surface area is 171 Å². The summed E-state index contributed by atoms with van der Waals surface area (Å²) in [5.74, 6) is -1.12. The second-order valence-electron chi connectivity index (χ2n) is 6.37. The van der Waals surface area contributed by atoms with Crippen LogP contribution < -0.4 is 5.32 Å². The number of methoxy groups -OCH3 is 1. The van der Waals surface area contributed by atoms with E-state index in [4.69, 9.17) is 9.47 Å². The van der Waals surface area contributed by atoms with Gasteiger partial charge in [0.05, 0.1) is 35.4 Å². The number of aromatic nitrogens is 1. The Hall–Kier alpha value is -4.01. The summed E-state index contributed by atoms with van der Waals surface area (Å²) >= 11 is 0. The highest BCUT2D eigenvalue weighted by Crippen LogP contribution is 2.32. The number of ether oxygens (including phenoxy) is 2. The Morgan fingerprint density at radius 3 is 2.57 bits per heavy atom. The van der Waals surface area contributed by atoms with Gasteiger partial charge in [0.2, 0.25) is 0 Å². The quantitative estimate of drug-likeness (QED) is 0.366. The molecular weight excluding hydrogens is 390 g/mol. The van der Waals surface area contributed by atoms with E-state index in [0.717, 1.165) is 0 Å². The van der Waals surface area contributed by atoms with E-state index in [9.17, 15) is 19.7 Å². The maximum Gasteiger partial charge on any atom is 0.341 e. The van der Waals surface area contributed by atoms with Gasteiger partial charge in [-0.3, -0.25) is 15.1 Å². The van der Waals surface area contributed by atoms with Gasteiger partial charge in [-0.05, 0) is 43.7 Å². The number of nitro groups is 1. The zero-order valence-electron chi connectivity index (χ0n) is 16.6. The third-order valence-corrected chi connectivity index (χ3v) is 4.46. The highest BCUT2D eigenvalue weighted by Gasteiger charge is 2.19. The van der Waals surface area contributed by atoms with Crippen LogP contribution in [0.3, 0.4) is 0 Å². The Kier molecular flexibility index (Phi) is 5.91. The molecule has 2 aromatic carbocycles. The minimum absolute atomic E-state index is 0.0452. The lowest BCUT2D eigenvalue weighted by molar-refractivity contribution is -0.384. The number of fused-ring (bicyclic) bond motifs is 1. The third-order valence-electron chi connectivity index (χ3n) is 4.46. The van der Waals surface area contributed by atoms with Crippen molar-refractivity contribution in [2.24, 2.45) is 0 Å². The lowest BCUT2D eigenvalue weighted by Gasteiger charge is -2.16. The van der Waals surface area contributed by atoms with E-state index in [1.54, 1.807) is 38.1 Å². The number of anilines is 2. The number of nitrogens with zero attached hydrogens (tertiary/aromatic N) is 2. The second-order valence-corrected chi connectivity index (χ2v) is 6.37. The predicted octanol–water partition coefficient (Wildman–Crippen LogP) is 4.16. The maximum atomic E-state index is 12.5. The molecule has 3 aromatic rings. The minimum atomic E-state index is -0.586. The van der Waals surface area contributed by atoms with Crippen LogP contribution in [0.2, 0.25) is 0 Å². The normalized spacial score (nSPS) is 10.5. The van der Waals surface area contributed by atoms with Gasteiger partial charge in [0.1, 0.15) is 5.56 Å². The van der Waals surface area contributed by atoms with Gasteiger partial charge < -0.3 is 14.8 Å². The number of carbonyl (C=O) groups is 2. The van der Waals surface area contributed by atoms with Crippen molar-refractivity contribution < 1.29 is 24.0 Å². The first-order chi connectivity index (χ1) is 14.3. The van der Waals surface area contributed by atoms with Gasteiger partial charge in [0, 0.05) is 29.4 Å². The van der Waals surface area contributed by atoms with E-state index in [0.29, 0.717) is 27.8 Å². The number of rotatable bonds is 6. The van der Waals surface area contributed by atoms with Crippen LogP contribution in [0.4, 0.5) is 17.1 Å². The largest absolute Gasteiger partial charge is 0.465 e. The lowest BCUT2D eigenvalue weighted by Crippen LogP contribution is -2.10. The molecule has 9 nitrogen and oxygen atoms in total. The fraction of sp³-hybridized carbons (Fsp3) is 0.190. The molecule has 0 fully saturated rings. The summed E-state index contributed by atoms with van der Waals surface area (Å²) in [7, 11) is 1.28. The molecule has 0 aliphatic rings. The van der Waals surface area contributed by atoms with Crippen LogP contribution in [-0.2, 0) is 9.47 Å². The molecule has 0 saturated heterocycles. The minimum Gasteiger partial charge on any atom is -0.465 e. The molecule has 0 radical (unpaired) electrons. The Morgan fingerprint density at radius 2 is 1.93 bits per heavy atom. The molecule has 1 N–H and O–H groups in total. The van der Waals surface area contributed by atoms with E-state index in [-0.39, 0.29) is 23.4 Å². The van der Waals surface area contributed by atoms with Gasteiger partial charge in [-0.1, -0.05) is 0 Å². The van der Waals surface area contributed by atoms with Crippen LogP contribution in [0.5, 0.6) is 0 Å². The average molecular weight is 409 g/mol. The monoisotopic (exact) mass is 409 g/mol. The summed E-state index contributed by atoms with van der Waals surface area (Å²) in [5, 5.41) is 14.7. The molecule has 154 valence electrons. The summed E-state index contributed by atoms with van der Waals surface area (Å²) in [6.45, 7) is 3.58. The van der Waals surface area contributed by atoms with E-state index in [1.807, 2.05) is 0 Å². The first-order valence-electron chi connectivity index (χ1n) is 9.06. The molecular formula is C21H19N3O6. The molecule has 0 atom stereocenters. The summed E-state index contributed by atoms with van der Waals surface area (Å²) in [6.07, 6.45) is 1.39. The molecule has 1 aromatic heterocycles. The van der Waals surface area contributed by atoms with Crippen molar-refractivity contribution >= 4 is 39.9 Å². The summed E-state index contributed by atoms with van der Waals surface area (Å²) < 4.78 is 9.91. The number of hydrogen-bond donors (Lipinski definition) is 1. The van der Waals surface area contributed by atoms with Crippen molar-refractivity contribution in [3.8, 4) is 0 Å². The van der Waals surface area contributed by atoms with Crippen molar-refractivity contribution in [3.63, 3.8) is 0 Å². The number of non-ortho nitro benzene ring substituents is 1. The third kappa shape index (κ3) is 4.04. The number of carbonyl (C=O) groups excluding carboxylic acids is 2. The molecule has 0 unspecified atom stereocenters. The molecule has 0 spiro atoms. The van der Waals surface area contributed by atoms with Crippen LogP contribution in [-0.4, -0.2) is 35.6 Å². The lowest BCUT2D eigenvalue weighted by atomic mass is 10.0. The SMILES string of the molecule is CCOC(=O)c1cnc2ccc(C(=O)OC)cc2c1Nc1ccc([N+](=O)[O-])cc1C. The average Bonchev–Trinajstić information content (AvgIpc) is 2.74. The zero-order chi connectivity index (χ0) is 21.8. The first-order valence-corrected chi connectivity index (χ1v) is 9.06. The highest BCUT2D eigenvalue weighted by atomic mass is 16.6. The topological polar surface area (TPSA) is 121 Å². The Morgan fingerprint density at radius 1 is 1.17 bits per heavy atom. The zero-order valence-corrected chi connectivity index (χ0v) is 16.6. The van der Waals surface area contributed by atoms with Gasteiger partial charge in [-0.2, -0.15) is 0 Å². The van der Waals surface area contributed by atoms with Crippen LogP contribution in [0.25, 0.3) is 10.9 Å². The van der Waals surface area contributed by atoms with Crippen LogP contribution in [0.15, 0.2) is 42.6 Å². The molecule has 3 rings (SSSR count). The van der Waals surface area contributed by atoms with Crippen LogP contribution >= 0.6 is 0 Å². The molecule has 0 aliphatic heterocycles. The maximum absolute atomic E-state index is 12.5. The van der Waals surface area contributed by atoms with Gasteiger partial charge in [0.15, 0.2) is 0 Å². The molecule has 0 aliphatic carbocycles. The van der Waals surface area contributed by atoms with Crippen molar-refractivity contribution in [1.82, 2.24) is 4.98 Å². The Balaban J connectivity index is 2.20. The van der Waals surface area contributed by atoms with E-state index >= 15 is 0 Å². The van der Waals surface area contributed by atoms with Crippen molar-refractivity contribution in [2.45, 2.75) is 13.8 Å². The van der Waals surface area contributed by atoms with Gasteiger partial charge in [-0.15, -0.1) is 0 Å². The number of pyridine rings is 1. The smallest absolute Gasteiger partial charge is 0.341 e. The number of aryl methyl sites for hydroxylation is 1. The van der Waals surface area contributed by atoms with Crippen LogP contribution in [0.1, 0.15) is 33.2 Å². The van der Waals surface area contributed by atoms with Gasteiger partial charge >= 0.3 is 11.9 Å². The molecule has 0 amide bonds. The number of nitrogens with one attached hydrogen (secondary N) is 1. The number of esters is 2.